The van der Waals surface area contributed by atoms with E-state index in [-0.39, 0.29) is 11.7 Å². The molecular formula is C20H24N4O2. The molecule has 0 aliphatic heterocycles. The third-order valence-corrected chi connectivity index (χ3v) is 4.59. The number of fused-ring (bicyclic) bond motifs is 1. The van der Waals surface area contributed by atoms with E-state index < -0.39 is 0 Å². The maximum atomic E-state index is 12.8. The molecule has 1 aromatic carbocycles. The second-order valence-electron chi connectivity index (χ2n) is 6.13. The predicted octanol–water partition coefficient (Wildman–Crippen LogP) is 3.01. The number of rotatable bonds is 7. The van der Waals surface area contributed by atoms with Gasteiger partial charge in [-0.05, 0) is 36.9 Å². The van der Waals surface area contributed by atoms with Gasteiger partial charge in [0.25, 0.3) is 5.91 Å². The molecule has 0 radical (unpaired) electrons. The number of carbonyl (C=O) groups excluding carboxylic acids is 1. The number of phenols is 1. The lowest BCUT2D eigenvalue weighted by molar-refractivity contribution is 0.0945. The third-order valence-electron chi connectivity index (χ3n) is 4.59. The summed E-state index contributed by atoms with van der Waals surface area (Å²) >= 11 is 0. The highest BCUT2D eigenvalue weighted by molar-refractivity contribution is 6.09. The fourth-order valence-electron chi connectivity index (χ4n) is 3.10. The zero-order valence-electron chi connectivity index (χ0n) is 15.1. The van der Waals surface area contributed by atoms with Crippen LogP contribution >= 0.6 is 0 Å². The minimum atomic E-state index is -0.142. The largest absolute Gasteiger partial charge is 0.508 e. The number of carbonyl (C=O) groups is 1. The van der Waals surface area contributed by atoms with Gasteiger partial charge in [-0.2, -0.15) is 0 Å². The Balaban J connectivity index is 1.91. The normalized spacial score (nSPS) is 11.2. The van der Waals surface area contributed by atoms with Gasteiger partial charge in [-0.3, -0.25) is 9.78 Å². The Bertz CT molecular complexity index is 882. The van der Waals surface area contributed by atoms with Gasteiger partial charge in [0, 0.05) is 30.2 Å². The van der Waals surface area contributed by atoms with Gasteiger partial charge in [0.1, 0.15) is 11.4 Å². The summed E-state index contributed by atoms with van der Waals surface area (Å²) in [7, 11) is 0. The highest BCUT2D eigenvalue weighted by Gasteiger charge is 2.19. The number of aromatic hydroxyl groups is 1. The first-order valence-electron chi connectivity index (χ1n) is 8.89. The summed E-state index contributed by atoms with van der Waals surface area (Å²) in [6.07, 6.45) is 3.42. The number of likely N-dealkylation sites (N-methyl/N-ethyl adjacent to an activating group) is 1. The van der Waals surface area contributed by atoms with Crippen LogP contribution in [0.4, 0.5) is 0 Å². The van der Waals surface area contributed by atoms with E-state index in [1.807, 2.05) is 18.2 Å². The molecule has 0 aliphatic carbocycles. The number of amides is 1. The van der Waals surface area contributed by atoms with Gasteiger partial charge < -0.3 is 20.3 Å². The van der Waals surface area contributed by atoms with Gasteiger partial charge >= 0.3 is 0 Å². The van der Waals surface area contributed by atoms with Crippen LogP contribution in [0.25, 0.3) is 22.0 Å². The van der Waals surface area contributed by atoms with Gasteiger partial charge in [0.15, 0.2) is 0 Å². The van der Waals surface area contributed by atoms with Crippen molar-refractivity contribution < 1.29 is 9.90 Å². The number of aromatic nitrogens is 2. The summed E-state index contributed by atoms with van der Waals surface area (Å²) in [4.78, 5) is 22.4. The van der Waals surface area contributed by atoms with Crippen LogP contribution in [0.15, 0.2) is 42.7 Å². The number of H-pyrrole nitrogens is 1. The summed E-state index contributed by atoms with van der Waals surface area (Å²) in [5, 5.41) is 13.5. The molecule has 0 saturated heterocycles. The van der Waals surface area contributed by atoms with E-state index in [2.05, 4.69) is 34.0 Å². The molecular weight excluding hydrogens is 328 g/mol. The van der Waals surface area contributed by atoms with Crippen LogP contribution in [0.3, 0.4) is 0 Å². The van der Waals surface area contributed by atoms with Crippen LogP contribution in [0.1, 0.15) is 24.3 Å². The lowest BCUT2D eigenvalue weighted by Crippen LogP contribution is -2.35. The Labute approximate surface area is 152 Å². The number of benzene rings is 1. The number of aromatic amines is 1. The summed E-state index contributed by atoms with van der Waals surface area (Å²) in [5.74, 6) is 0.0527. The van der Waals surface area contributed by atoms with Crippen molar-refractivity contribution in [3.63, 3.8) is 0 Å². The average molecular weight is 352 g/mol. The molecule has 0 saturated carbocycles. The zero-order chi connectivity index (χ0) is 18.5. The van der Waals surface area contributed by atoms with E-state index in [9.17, 15) is 9.90 Å². The van der Waals surface area contributed by atoms with Crippen molar-refractivity contribution >= 4 is 16.8 Å². The second-order valence-corrected chi connectivity index (χ2v) is 6.13. The van der Waals surface area contributed by atoms with Gasteiger partial charge in [-0.25, -0.2) is 0 Å². The Morgan fingerprint density at radius 1 is 1.19 bits per heavy atom. The summed E-state index contributed by atoms with van der Waals surface area (Å²) in [5.41, 5.74) is 3.01. The van der Waals surface area contributed by atoms with Crippen LogP contribution in [0.2, 0.25) is 0 Å². The fourth-order valence-corrected chi connectivity index (χ4v) is 3.10. The molecule has 2 heterocycles. The molecule has 0 fully saturated rings. The third kappa shape index (κ3) is 3.70. The first-order chi connectivity index (χ1) is 12.6. The summed E-state index contributed by atoms with van der Waals surface area (Å²) in [6.45, 7) is 7.54. The molecule has 3 N–H and O–H groups in total. The van der Waals surface area contributed by atoms with E-state index in [1.54, 1.807) is 24.5 Å². The minimum Gasteiger partial charge on any atom is -0.508 e. The first kappa shape index (κ1) is 17.9. The summed E-state index contributed by atoms with van der Waals surface area (Å²) in [6, 6.07) is 8.76. The second kappa shape index (κ2) is 8.01. The molecule has 1 amide bonds. The Hall–Kier alpha value is -2.86. The fraction of sp³-hybridized carbons (Fsp3) is 0.300. The number of hydrogen-bond donors (Lipinski definition) is 3. The number of nitrogens with one attached hydrogen (secondary N) is 2. The highest BCUT2D eigenvalue weighted by atomic mass is 16.3. The van der Waals surface area contributed by atoms with Gasteiger partial charge in [-0.15, -0.1) is 0 Å². The SMILES string of the molecule is CCN(CC)CCNC(=O)c1[nH]c2cnccc2c1-c1ccc(O)cc1. The lowest BCUT2D eigenvalue weighted by atomic mass is 10.0. The molecule has 136 valence electrons. The monoisotopic (exact) mass is 352 g/mol. The van der Waals surface area contributed by atoms with Crippen molar-refractivity contribution in [1.29, 1.82) is 0 Å². The molecule has 6 heteroatoms. The maximum absolute atomic E-state index is 12.8. The highest BCUT2D eigenvalue weighted by Crippen LogP contribution is 2.32. The van der Waals surface area contributed by atoms with Crippen molar-refractivity contribution in [2.45, 2.75) is 13.8 Å². The van der Waals surface area contributed by atoms with Crippen LogP contribution in [-0.4, -0.2) is 52.1 Å². The Morgan fingerprint density at radius 2 is 1.92 bits per heavy atom. The lowest BCUT2D eigenvalue weighted by Gasteiger charge is -2.18. The van der Waals surface area contributed by atoms with Crippen LogP contribution in [0.5, 0.6) is 5.75 Å². The summed E-state index contributed by atoms with van der Waals surface area (Å²) < 4.78 is 0. The number of nitrogens with zero attached hydrogens (tertiary/aromatic N) is 2. The van der Waals surface area contributed by atoms with Crippen LogP contribution < -0.4 is 5.32 Å². The van der Waals surface area contributed by atoms with E-state index >= 15 is 0 Å². The molecule has 6 nitrogen and oxygen atoms in total. The van der Waals surface area contributed by atoms with E-state index in [0.717, 1.165) is 41.7 Å². The van der Waals surface area contributed by atoms with Crippen LogP contribution in [0, 0.1) is 0 Å². The Morgan fingerprint density at radius 3 is 2.62 bits per heavy atom. The number of hydrogen-bond acceptors (Lipinski definition) is 4. The van der Waals surface area contributed by atoms with E-state index in [1.165, 1.54) is 0 Å². The van der Waals surface area contributed by atoms with Gasteiger partial charge in [0.2, 0.25) is 0 Å². The minimum absolute atomic E-state index is 0.142. The maximum Gasteiger partial charge on any atom is 0.268 e. The molecule has 0 bridgehead atoms. The van der Waals surface area contributed by atoms with Gasteiger partial charge in [0.05, 0.1) is 11.7 Å². The number of pyridine rings is 1. The average Bonchev–Trinajstić information content (AvgIpc) is 3.05. The molecule has 3 aromatic rings. The van der Waals surface area contributed by atoms with Crippen molar-refractivity contribution in [3.8, 4) is 16.9 Å². The predicted molar refractivity (Wildman–Crippen MR) is 103 cm³/mol. The molecule has 0 spiro atoms. The van der Waals surface area contributed by atoms with Crippen molar-refractivity contribution in [1.82, 2.24) is 20.2 Å². The van der Waals surface area contributed by atoms with Crippen molar-refractivity contribution in [2.24, 2.45) is 0 Å². The quantitative estimate of drug-likeness (QED) is 0.610. The molecule has 3 rings (SSSR count). The van der Waals surface area contributed by atoms with Crippen LogP contribution in [-0.2, 0) is 0 Å². The van der Waals surface area contributed by atoms with Gasteiger partial charge in [-0.1, -0.05) is 26.0 Å². The topological polar surface area (TPSA) is 81.2 Å². The molecule has 0 aliphatic rings. The molecule has 0 atom stereocenters. The zero-order valence-corrected chi connectivity index (χ0v) is 15.1. The smallest absolute Gasteiger partial charge is 0.268 e. The standard InChI is InChI=1S/C20H24N4O2/c1-3-24(4-2)12-11-22-20(26)19-18(14-5-7-15(25)8-6-14)16-9-10-21-13-17(16)23-19/h5-10,13,23,25H,3-4,11-12H2,1-2H3,(H,22,26). The van der Waals surface area contributed by atoms with E-state index in [0.29, 0.717) is 12.2 Å². The van der Waals surface area contributed by atoms with E-state index in [4.69, 9.17) is 0 Å². The molecule has 0 unspecified atom stereocenters. The molecule has 2 aromatic heterocycles. The number of phenolic OH excluding ortho intramolecular Hbond substituents is 1. The Kier molecular flexibility index (Phi) is 5.53. The first-order valence-corrected chi connectivity index (χ1v) is 8.89. The van der Waals surface area contributed by atoms with Crippen molar-refractivity contribution in [3.05, 3.63) is 48.4 Å². The van der Waals surface area contributed by atoms with Crippen molar-refractivity contribution in [2.75, 3.05) is 26.2 Å². The molecule has 26 heavy (non-hydrogen) atoms.